The van der Waals surface area contributed by atoms with E-state index in [1.54, 1.807) is 0 Å². The first kappa shape index (κ1) is 16.5. The molecular formula is C17H31N3O. The zero-order valence-electron chi connectivity index (χ0n) is 13.7. The lowest BCUT2D eigenvalue weighted by Crippen LogP contribution is -2.41. The molecule has 1 heterocycles. The van der Waals surface area contributed by atoms with Crippen molar-refractivity contribution in [3.63, 3.8) is 0 Å². The zero-order valence-corrected chi connectivity index (χ0v) is 13.7. The summed E-state index contributed by atoms with van der Waals surface area (Å²) in [4.78, 5) is 6.80. The van der Waals surface area contributed by atoms with E-state index in [4.69, 9.17) is 0 Å². The molecule has 0 spiro atoms. The van der Waals surface area contributed by atoms with Crippen molar-refractivity contribution in [3.05, 3.63) is 18.2 Å². The molecule has 0 bridgehead atoms. The Bertz CT molecular complexity index is 396. The summed E-state index contributed by atoms with van der Waals surface area (Å²) in [6, 6.07) is 0.698. The molecule has 0 aliphatic heterocycles. The van der Waals surface area contributed by atoms with Gasteiger partial charge >= 0.3 is 0 Å². The van der Waals surface area contributed by atoms with Gasteiger partial charge in [0.25, 0.3) is 0 Å². The molecule has 1 aliphatic carbocycles. The van der Waals surface area contributed by atoms with E-state index in [2.05, 4.69) is 27.6 Å². The number of aliphatic hydroxyl groups is 1. The SMILES string of the molecule is Cc1nccn1CCCCN(CC(C)O)C1CCCCC1. The van der Waals surface area contributed by atoms with E-state index in [1.165, 1.54) is 44.9 Å². The van der Waals surface area contributed by atoms with Crippen LogP contribution in [0.25, 0.3) is 0 Å². The normalized spacial score (nSPS) is 18.3. The Morgan fingerprint density at radius 3 is 2.71 bits per heavy atom. The molecule has 1 aromatic heterocycles. The first-order valence-corrected chi connectivity index (χ1v) is 8.56. The number of aliphatic hydroxyl groups excluding tert-OH is 1. The average molecular weight is 293 g/mol. The van der Waals surface area contributed by atoms with Gasteiger partial charge in [0.15, 0.2) is 0 Å². The Hall–Kier alpha value is -0.870. The second-order valence-corrected chi connectivity index (χ2v) is 6.51. The Kier molecular flexibility index (Phi) is 6.71. The van der Waals surface area contributed by atoms with Crippen LogP contribution in [-0.4, -0.2) is 44.8 Å². The summed E-state index contributed by atoms with van der Waals surface area (Å²) in [6.07, 6.45) is 12.8. The number of rotatable bonds is 8. The molecule has 1 aliphatic rings. The standard InChI is InChI=1S/C17H31N3O/c1-15(21)14-20(17-8-4-3-5-9-17)12-7-6-11-19-13-10-18-16(19)2/h10,13,15,17,21H,3-9,11-12,14H2,1-2H3. The molecule has 0 amide bonds. The molecule has 1 fully saturated rings. The van der Waals surface area contributed by atoms with Crippen LogP contribution >= 0.6 is 0 Å². The average Bonchev–Trinajstić information content (AvgIpc) is 2.88. The number of nitrogens with zero attached hydrogens (tertiary/aromatic N) is 3. The minimum absolute atomic E-state index is 0.220. The number of unbranched alkanes of at least 4 members (excludes halogenated alkanes) is 1. The van der Waals surface area contributed by atoms with Gasteiger partial charge in [0.1, 0.15) is 5.82 Å². The van der Waals surface area contributed by atoms with E-state index >= 15 is 0 Å². The molecule has 4 heteroatoms. The van der Waals surface area contributed by atoms with Gasteiger partial charge in [0.2, 0.25) is 0 Å². The smallest absolute Gasteiger partial charge is 0.105 e. The van der Waals surface area contributed by atoms with E-state index in [-0.39, 0.29) is 6.10 Å². The van der Waals surface area contributed by atoms with Crippen molar-refractivity contribution < 1.29 is 5.11 Å². The molecule has 4 nitrogen and oxygen atoms in total. The highest BCUT2D eigenvalue weighted by Gasteiger charge is 2.21. The van der Waals surface area contributed by atoms with Gasteiger partial charge in [-0.1, -0.05) is 19.3 Å². The predicted octanol–water partition coefficient (Wildman–Crippen LogP) is 2.99. The molecular weight excluding hydrogens is 262 g/mol. The summed E-state index contributed by atoms with van der Waals surface area (Å²) in [7, 11) is 0. The van der Waals surface area contributed by atoms with Gasteiger partial charge in [-0.05, 0) is 46.1 Å². The van der Waals surface area contributed by atoms with Crippen LogP contribution in [0.5, 0.6) is 0 Å². The van der Waals surface area contributed by atoms with Crippen molar-refractivity contribution in [3.8, 4) is 0 Å². The lowest BCUT2D eigenvalue weighted by atomic mass is 9.93. The second-order valence-electron chi connectivity index (χ2n) is 6.51. The third kappa shape index (κ3) is 5.44. The number of imidazole rings is 1. The molecule has 0 radical (unpaired) electrons. The maximum absolute atomic E-state index is 9.74. The Labute approximate surface area is 129 Å². The van der Waals surface area contributed by atoms with Crippen LogP contribution in [0.15, 0.2) is 12.4 Å². The largest absolute Gasteiger partial charge is 0.392 e. The van der Waals surface area contributed by atoms with Crippen LogP contribution in [0.2, 0.25) is 0 Å². The number of hydrogen-bond donors (Lipinski definition) is 1. The van der Waals surface area contributed by atoms with Gasteiger partial charge in [-0.15, -0.1) is 0 Å². The summed E-state index contributed by atoms with van der Waals surface area (Å²) in [5.41, 5.74) is 0. The fourth-order valence-electron chi connectivity index (χ4n) is 3.45. The van der Waals surface area contributed by atoms with Crippen LogP contribution in [0.1, 0.15) is 57.7 Å². The van der Waals surface area contributed by atoms with Gasteiger partial charge in [-0.2, -0.15) is 0 Å². The van der Waals surface area contributed by atoms with E-state index < -0.39 is 0 Å². The zero-order chi connectivity index (χ0) is 15.1. The van der Waals surface area contributed by atoms with Crippen LogP contribution < -0.4 is 0 Å². The third-order valence-electron chi connectivity index (χ3n) is 4.61. The summed E-state index contributed by atoms with van der Waals surface area (Å²) in [5.74, 6) is 1.10. The van der Waals surface area contributed by atoms with E-state index in [9.17, 15) is 5.11 Å². The van der Waals surface area contributed by atoms with Gasteiger partial charge in [0, 0.05) is 31.5 Å². The highest BCUT2D eigenvalue weighted by molar-refractivity contribution is 4.88. The van der Waals surface area contributed by atoms with Crippen molar-refractivity contribution in [1.82, 2.24) is 14.5 Å². The molecule has 0 aromatic carbocycles. The maximum atomic E-state index is 9.74. The predicted molar refractivity (Wildman–Crippen MR) is 86.3 cm³/mol. The van der Waals surface area contributed by atoms with Crippen LogP contribution in [0.3, 0.4) is 0 Å². The molecule has 1 unspecified atom stereocenters. The molecule has 2 rings (SSSR count). The first-order chi connectivity index (χ1) is 10.2. The molecule has 21 heavy (non-hydrogen) atoms. The first-order valence-electron chi connectivity index (χ1n) is 8.56. The Morgan fingerprint density at radius 1 is 1.33 bits per heavy atom. The summed E-state index contributed by atoms with van der Waals surface area (Å²) < 4.78 is 2.22. The van der Waals surface area contributed by atoms with Crippen molar-refractivity contribution in [1.29, 1.82) is 0 Å². The van der Waals surface area contributed by atoms with Gasteiger partial charge in [-0.25, -0.2) is 4.98 Å². The lowest BCUT2D eigenvalue weighted by Gasteiger charge is -2.35. The Balaban J connectivity index is 1.74. The summed E-state index contributed by atoms with van der Waals surface area (Å²) >= 11 is 0. The molecule has 0 saturated heterocycles. The van der Waals surface area contributed by atoms with Crippen molar-refractivity contribution in [2.75, 3.05) is 13.1 Å². The lowest BCUT2D eigenvalue weighted by molar-refractivity contribution is 0.0808. The van der Waals surface area contributed by atoms with Crippen LogP contribution in [0.4, 0.5) is 0 Å². The monoisotopic (exact) mass is 293 g/mol. The van der Waals surface area contributed by atoms with E-state index in [0.29, 0.717) is 6.04 Å². The molecule has 1 aromatic rings. The highest BCUT2D eigenvalue weighted by Crippen LogP contribution is 2.23. The molecule has 1 N–H and O–H groups in total. The third-order valence-corrected chi connectivity index (χ3v) is 4.61. The van der Waals surface area contributed by atoms with Crippen LogP contribution in [0, 0.1) is 6.92 Å². The fourth-order valence-corrected chi connectivity index (χ4v) is 3.45. The second kappa shape index (κ2) is 8.54. The fraction of sp³-hybridized carbons (Fsp3) is 0.824. The van der Waals surface area contributed by atoms with Gasteiger partial charge in [0.05, 0.1) is 6.10 Å². The minimum atomic E-state index is -0.220. The number of aromatic nitrogens is 2. The van der Waals surface area contributed by atoms with Gasteiger partial charge < -0.3 is 9.67 Å². The molecule has 120 valence electrons. The highest BCUT2D eigenvalue weighted by atomic mass is 16.3. The van der Waals surface area contributed by atoms with E-state index in [1.807, 2.05) is 13.1 Å². The summed E-state index contributed by atoms with van der Waals surface area (Å²) in [6.45, 7) is 6.96. The summed E-state index contributed by atoms with van der Waals surface area (Å²) in [5, 5.41) is 9.74. The topological polar surface area (TPSA) is 41.3 Å². The Morgan fingerprint density at radius 2 is 2.10 bits per heavy atom. The number of hydrogen-bond acceptors (Lipinski definition) is 3. The molecule has 1 saturated carbocycles. The minimum Gasteiger partial charge on any atom is -0.392 e. The maximum Gasteiger partial charge on any atom is 0.105 e. The van der Waals surface area contributed by atoms with Crippen molar-refractivity contribution >= 4 is 0 Å². The van der Waals surface area contributed by atoms with Crippen molar-refractivity contribution in [2.24, 2.45) is 0 Å². The van der Waals surface area contributed by atoms with Gasteiger partial charge in [-0.3, -0.25) is 4.90 Å². The van der Waals surface area contributed by atoms with Crippen molar-refractivity contribution in [2.45, 2.75) is 77.5 Å². The molecule has 1 atom stereocenters. The van der Waals surface area contributed by atoms with E-state index in [0.717, 1.165) is 25.5 Å². The van der Waals surface area contributed by atoms with Crippen LogP contribution in [-0.2, 0) is 6.54 Å². The number of aryl methyl sites for hydroxylation is 2. The quantitative estimate of drug-likeness (QED) is 0.749.